The van der Waals surface area contributed by atoms with Crippen molar-refractivity contribution in [1.82, 2.24) is 5.43 Å². The Labute approximate surface area is 114 Å². The molecule has 104 valence electrons. The molecule has 0 spiro atoms. The first-order valence-electron chi connectivity index (χ1n) is 6.97. The number of hydrazine groups is 1. The minimum Gasteiger partial charge on any atom is -0.271 e. The minimum atomic E-state index is -0.200. The highest BCUT2D eigenvalue weighted by molar-refractivity contribution is 5.31. The second-order valence-electron chi connectivity index (χ2n) is 5.85. The number of nitrogens with two attached hydrogens (primary N) is 1. The Morgan fingerprint density at radius 3 is 2.42 bits per heavy atom. The fourth-order valence-electron chi connectivity index (χ4n) is 2.95. The summed E-state index contributed by atoms with van der Waals surface area (Å²) in [5.74, 6) is 5.59. The number of nitrogens with one attached hydrogen (secondary N) is 1. The standard InChI is InChI=1S/C16H23FN2/c1-16(2,13-8-10-14(17)11-9-13)15(19-18)12-6-4-3-5-7-12/h6,8-11,15,19H,3-5,7,18H2,1-2H3. The van der Waals surface area contributed by atoms with Gasteiger partial charge in [0.1, 0.15) is 5.82 Å². The van der Waals surface area contributed by atoms with Crippen LogP contribution >= 0.6 is 0 Å². The largest absolute Gasteiger partial charge is 0.271 e. The summed E-state index contributed by atoms with van der Waals surface area (Å²) < 4.78 is 13.1. The Morgan fingerprint density at radius 1 is 1.21 bits per heavy atom. The Kier molecular flexibility index (Phi) is 4.38. The topological polar surface area (TPSA) is 38.0 Å². The first kappa shape index (κ1) is 14.2. The van der Waals surface area contributed by atoms with Crippen LogP contribution in [0.25, 0.3) is 0 Å². The van der Waals surface area contributed by atoms with Crippen molar-refractivity contribution in [3.8, 4) is 0 Å². The van der Waals surface area contributed by atoms with Gasteiger partial charge in [-0.2, -0.15) is 0 Å². The summed E-state index contributed by atoms with van der Waals surface area (Å²) in [5.41, 5.74) is 5.28. The van der Waals surface area contributed by atoms with E-state index in [0.717, 1.165) is 18.4 Å². The minimum absolute atomic E-state index is 0.0956. The second-order valence-corrected chi connectivity index (χ2v) is 5.85. The molecule has 2 rings (SSSR count). The van der Waals surface area contributed by atoms with Gasteiger partial charge in [-0.05, 0) is 43.4 Å². The zero-order valence-electron chi connectivity index (χ0n) is 11.7. The first-order chi connectivity index (χ1) is 9.05. The average Bonchev–Trinajstić information content (AvgIpc) is 2.41. The fourth-order valence-corrected chi connectivity index (χ4v) is 2.95. The molecule has 3 N–H and O–H groups in total. The van der Waals surface area contributed by atoms with E-state index >= 15 is 0 Å². The van der Waals surface area contributed by atoms with Crippen molar-refractivity contribution >= 4 is 0 Å². The summed E-state index contributed by atoms with van der Waals surface area (Å²) in [6, 6.07) is 6.82. The molecule has 1 aromatic rings. The first-order valence-corrected chi connectivity index (χ1v) is 6.97. The summed E-state index contributed by atoms with van der Waals surface area (Å²) in [6.45, 7) is 4.31. The molecule has 3 heteroatoms. The van der Waals surface area contributed by atoms with E-state index in [-0.39, 0.29) is 17.3 Å². The van der Waals surface area contributed by atoms with Crippen molar-refractivity contribution in [2.45, 2.75) is 51.0 Å². The quantitative estimate of drug-likeness (QED) is 0.495. The molecule has 0 amide bonds. The molecule has 0 heterocycles. The van der Waals surface area contributed by atoms with Crippen LogP contribution in [-0.2, 0) is 5.41 Å². The van der Waals surface area contributed by atoms with Gasteiger partial charge in [0.15, 0.2) is 0 Å². The van der Waals surface area contributed by atoms with E-state index in [1.165, 1.54) is 30.5 Å². The highest BCUT2D eigenvalue weighted by Crippen LogP contribution is 2.34. The Bertz CT molecular complexity index is 448. The summed E-state index contributed by atoms with van der Waals surface area (Å²) in [7, 11) is 0. The highest BCUT2D eigenvalue weighted by Gasteiger charge is 2.33. The lowest BCUT2D eigenvalue weighted by Gasteiger charge is -2.37. The van der Waals surface area contributed by atoms with Crippen molar-refractivity contribution in [2.24, 2.45) is 5.84 Å². The van der Waals surface area contributed by atoms with Gasteiger partial charge in [-0.25, -0.2) is 4.39 Å². The molecule has 1 aliphatic rings. The molecule has 19 heavy (non-hydrogen) atoms. The molecule has 0 bridgehead atoms. The number of hydrogen-bond donors (Lipinski definition) is 2. The molecule has 0 aliphatic heterocycles. The monoisotopic (exact) mass is 262 g/mol. The molecule has 0 saturated carbocycles. The van der Waals surface area contributed by atoms with E-state index in [0.29, 0.717) is 0 Å². The van der Waals surface area contributed by atoms with Crippen LogP contribution in [0, 0.1) is 5.82 Å². The zero-order valence-corrected chi connectivity index (χ0v) is 11.7. The van der Waals surface area contributed by atoms with Gasteiger partial charge in [-0.3, -0.25) is 11.3 Å². The summed E-state index contributed by atoms with van der Waals surface area (Å²) in [6.07, 6.45) is 7.02. The SMILES string of the molecule is CC(C)(c1ccc(F)cc1)C(NN)C1=CCCCC1. The van der Waals surface area contributed by atoms with Crippen molar-refractivity contribution < 1.29 is 4.39 Å². The van der Waals surface area contributed by atoms with Crippen LogP contribution in [0.3, 0.4) is 0 Å². The maximum Gasteiger partial charge on any atom is 0.123 e. The molecule has 0 fully saturated rings. The third-order valence-corrected chi connectivity index (χ3v) is 4.17. The van der Waals surface area contributed by atoms with E-state index in [1.54, 1.807) is 0 Å². The van der Waals surface area contributed by atoms with E-state index in [9.17, 15) is 4.39 Å². The molecule has 1 atom stereocenters. The van der Waals surface area contributed by atoms with E-state index in [4.69, 9.17) is 5.84 Å². The van der Waals surface area contributed by atoms with Gasteiger partial charge >= 0.3 is 0 Å². The highest BCUT2D eigenvalue weighted by atomic mass is 19.1. The number of benzene rings is 1. The number of halogens is 1. The van der Waals surface area contributed by atoms with Gasteiger partial charge in [0.25, 0.3) is 0 Å². The molecule has 0 aromatic heterocycles. The smallest absolute Gasteiger partial charge is 0.123 e. The molecule has 0 saturated heterocycles. The van der Waals surface area contributed by atoms with E-state index in [2.05, 4.69) is 25.3 Å². The third kappa shape index (κ3) is 3.04. The second kappa shape index (κ2) is 5.85. The van der Waals surface area contributed by atoms with Gasteiger partial charge in [-0.1, -0.05) is 37.6 Å². The maximum absolute atomic E-state index is 13.1. The third-order valence-electron chi connectivity index (χ3n) is 4.17. The van der Waals surface area contributed by atoms with Crippen molar-refractivity contribution in [3.05, 3.63) is 47.3 Å². The number of rotatable bonds is 4. The van der Waals surface area contributed by atoms with Crippen molar-refractivity contribution in [2.75, 3.05) is 0 Å². The van der Waals surface area contributed by atoms with Crippen LogP contribution in [0.1, 0.15) is 45.1 Å². The summed E-state index contributed by atoms with van der Waals surface area (Å²) in [4.78, 5) is 0. The van der Waals surface area contributed by atoms with Crippen molar-refractivity contribution in [1.29, 1.82) is 0 Å². The lowest BCUT2D eigenvalue weighted by atomic mass is 9.73. The molecule has 1 aliphatic carbocycles. The summed E-state index contributed by atoms with van der Waals surface area (Å²) >= 11 is 0. The molecule has 0 radical (unpaired) electrons. The Balaban J connectivity index is 2.29. The van der Waals surface area contributed by atoms with Crippen LogP contribution in [-0.4, -0.2) is 6.04 Å². The molecule has 1 aromatic carbocycles. The van der Waals surface area contributed by atoms with Gasteiger partial charge in [-0.15, -0.1) is 0 Å². The summed E-state index contributed by atoms with van der Waals surface area (Å²) in [5, 5.41) is 0. The molecule has 1 unspecified atom stereocenters. The van der Waals surface area contributed by atoms with Crippen molar-refractivity contribution in [3.63, 3.8) is 0 Å². The van der Waals surface area contributed by atoms with Crippen LogP contribution in [0.15, 0.2) is 35.9 Å². The lowest BCUT2D eigenvalue weighted by molar-refractivity contribution is 0.370. The van der Waals surface area contributed by atoms with Gasteiger partial charge in [0.2, 0.25) is 0 Å². The average molecular weight is 262 g/mol. The fraction of sp³-hybridized carbons (Fsp3) is 0.500. The van der Waals surface area contributed by atoms with Crippen LogP contribution in [0.5, 0.6) is 0 Å². The molecular weight excluding hydrogens is 239 g/mol. The predicted molar refractivity (Wildman–Crippen MR) is 77.1 cm³/mol. The molecular formula is C16H23FN2. The van der Waals surface area contributed by atoms with Gasteiger partial charge in [0, 0.05) is 5.41 Å². The zero-order chi connectivity index (χ0) is 13.9. The number of allylic oxidation sites excluding steroid dienone is 1. The number of hydrogen-bond acceptors (Lipinski definition) is 2. The predicted octanol–water partition coefficient (Wildman–Crippen LogP) is 3.44. The van der Waals surface area contributed by atoms with E-state index in [1.807, 2.05) is 12.1 Å². The van der Waals surface area contributed by atoms with Crippen LogP contribution in [0.4, 0.5) is 4.39 Å². The van der Waals surface area contributed by atoms with Gasteiger partial charge in [0.05, 0.1) is 6.04 Å². The molecule has 2 nitrogen and oxygen atoms in total. The Hall–Kier alpha value is -1.19. The maximum atomic E-state index is 13.1. The van der Waals surface area contributed by atoms with Gasteiger partial charge < -0.3 is 0 Å². The lowest BCUT2D eigenvalue weighted by Crippen LogP contribution is -2.49. The van der Waals surface area contributed by atoms with Crippen LogP contribution < -0.4 is 11.3 Å². The Morgan fingerprint density at radius 2 is 1.89 bits per heavy atom. The van der Waals surface area contributed by atoms with E-state index < -0.39 is 0 Å². The van der Waals surface area contributed by atoms with Crippen LogP contribution in [0.2, 0.25) is 0 Å². The normalized spacial score (nSPS) is 18.0.